The highest BCUT2D eigenvalue weighted by Crippen LogP contribution is 2.35. The maximum absolute atomic E-state index is 4.95. The van der Waals surface area contributed by atoms with Gasteiger partial charge < -0.3 is 0 Å². The first-order valence-electron chi connectivity index (χ1n) is 10.4. The van der Waals surface area contributed by atoms with Crippen LogP contribution in [0.3, 0.4) is 0 Å². The third-order valence-electron chi connectivity index (χ3n) is 5.60. The molecule has 0 bridgehead atoms. The summed E-state index contributed by atoms with van der Waals surface area (Å²) < 4.78 is 4.34. The zero-order valence-electron chi connectivity index (χ0n) is 17.3. The number of halogens is 2. The van der Waals surface area contributed by atoms with Crippen molar-refractivity contribution in [1.29, 1.82) is 0 Å². The first-order valence-corrected chi connectivity index (χ1v) is 12.3. The van der Waals surface area contributed by atoms with Crippen LogP contribution in [0.15, 0.2) is 102 Å². The average Bonchev–Trinajstić information content (AvgIpc) is 3.18. The van der Waals surface area contributed by atoms with Crippen molar-refractivity contribution in [1.82, 2.24) is 19.5 Å². The lowest BCUT2D eigenvalue weighted by molar-refractivity contribution is 0.953. The molecule has 6 heteroatoms. The van der Waals surface area contributed by atoms with Crippen LogP contribution in [0.4, 0.5) is 0 Å². The van der Waals surface area contributed by atoms with Gasteiger partial charge >= 0.3 is 0 Å². The number of hydrogen-bond acceptors (Lipinski definition) is 3. The van der Waals surface area contributed by atoms with Crippen molar-refractivity contribution >= 4 is 60.3 Å². The Hall–Kier alpha value is -3.10. The molecule has 0 N–H and O–H groups in total. The van der Waals surface area contributed by atoms with Gasteiger partial charge in [0.1, 0.15) is 0 Å². The number of hydrogen-bond donors (Lipinski definition) is 0. The molecule has 6 aromatic rings. The Morgan fingerprint density at radius 2 is 1.18 bits per heavy atom. The molecule has 0 radical (unpaired) electrons. The molecule has 0 saturated heterocycles. The van der Waals surface area contributed by atoms with E-state index in [-0.39, 0.29) is 0 Å². The van der Waals surface area contributed by atoms with Gasteiger partial charge in [0.25, 0.3) is 0 Å². The van der Waals surface area contributed by atoms with E-state index in [0.29, 0.717) is 17.6 Å². The summed E-state index contributed by atoms with van der Waals surface area (Å²) in [6.45, 7) is 0. The Morgan fingerprint density at radius 3 is 1.82 bits per heavy atom. The Kier molecular flexibility index (Phi) is 5.19. The normalized spacial score (nSPS) is 11.3. The van der Waals surface area contributed by atoms with E-state index in [0.717, 1.165) is 41.0 Å². The molecule has 0 amide bonds. The molecule has 33 heavy (non-hydrogen) atoms. The monoisotopic (exact) mass is 602 g/mol. The van der Waals surface area contributed by atoms with Crippen LogP contribution in [-0.2, 0) is 0 Å². The van der Waals surface area contributed by atoms with E-state index in [1.807, 2.05) is 60.7 Å². The van der Waals surface area contributed by atoms with Crippen LogP contribution in [0.1, 0.15) is 0 Å². The quantitative estimate of drug-likeness (QED) is 0.195. The van der Waals surface area contributed by atoms with Gasteiger partial charge in [-0.25, -0.2) is 4.98 Å². The summed E-state index contributed by atoms with van der Waals surface area (Å²) >= 11 is 6.05. The SMILES string of the molecule is Brc1cc2c3ccccc3n(-c3nc(-c4ccccc4)nc(-c4ccccc4)n3)c2cc1I. The third-order valence-corrected chi connectivity index (χ3v) is 7.89. The Bertz CT molecular complexity index is 1570. The lowest BCUT2D eigenvalue weighted by atomic mass is 10.2. The number of aromatic nitrogens is 4. The van der Waals surface area contributed by atoms with Crippen LogP contribution < -0.4 is 0 Å². The summed E-state index contributed by atoms with van der Waals surface area (Å²) in [5.74, 6) is 1.90. The zero-order valence-corrected chi connectivity index (χ0v) is 21.0. The van der Waals surface area contributed by atoms with E-state index in [9.17, 15) is 0 Å². The summed E-state index contributed by atoms with van der Waals surface area (Å²) in [4.78, 5) is 14.7. The second-order valence-electron chi connectivity index (χ2n) is 7.65. The molecule has 2 aromatic heterocycles. The van der Waals surface area contributed by atoms with Gasteiger partial charge in [0, 0.05) is 29.9 Å². The van der Waals surface area contributed by atoms with E-state index in [1.165, 1.54) is 0 Å². The van der Waals surface area contributed by atoms with Gasteiger partial charge in [0.2, 0.25) is 5.95 Å². The minimum atomic E-state index is 0.604. The first kappa shape index (κ1) is 20.5. The maximum Gasteiger partial charge on any atom is 0.238 e. The molecule has 2 heterocycles. The second kappa shape index (κ2) is 8.35. The van der Waals surface area contributed by atoms with Crippen molar-refractivity contribution in [3.8, 4) is 28.7 Å². The van der Waals surface area contributed by atoms with Gasteiger partial charge in [-0.2, -0.15) is 9.97 Å². The van der Waals surface area contributed by atoms with Crippen LogP contribution in [0.2, 0.25) is 0 Å². The number of rotatable bonds is 3. The fourth-order valence-electron chi connectivity index (χ4n) is 4.08. The van der Waals surface area contributed by atoms with Crippen molar-refractivity contribution in [2.75, 3.05) is 0 Å². The van der Waals surface area contributed by atoms with Crippen molar-refractivity contribution < 1.29 is 0 Å². The highest BCUT2D eigenvalue weighted by Gasteiger charge is 2.18. The van der Waals surface area contributed by atoms with E-state index in [4.69, 9.17) is 15.0 Å². The van der Waals surface area contributed by atoms with Crippen LogP contribution >= 0.6 is 38.5 Å². The van der Waals surface area contributed by atoms with Gasteiger partial charge in [-0.05, 0) is 56.7 Å². The van der Waals surface area contributed by atoms with Crippen molar-refractivity contribution in [2.45, 2.75) is 0 Å². The minimum absolute atomic E-state index is 0.604. The van der Waals surface area contributed by atoms with Gasteiger partial charge in [-0.15, -0.1) is 0 Å². The summed E-state index contributed by atoms with van der Waals surface area (Å²) in [6, 6.07) is 32.8. The van der Waals surface area contributed by atoms with Crippen molar-refractivity contribution in [2.24, 2.45) is 0 Å². The topological polar surface area (TPSA) is 43.6 Å². The van der Waals surface area contributed by atoms with Gasteiger partial charge in [0.15, 0.2) is 11.6 Å². The number of nitrogens with zero attached hydrogens (tertiary/aromatic N) is 4. The summed E-state index contributed by atoms with van der Waals surface area (Å²) in [5, 5.41) is 2.31. The molecule has 0 aliphatic carbocycles. The molecule has 4 aromatic carbocycles. The van der Waals surface area contributed by atoms with Crippen LogP contribution in [0.5, 0.6) is 0 Å². The lowest BCUT2D eigenvalue weighted by Crippen LogP contribution is -2.06. The molecule has 0 aliphatic heterocycles. The van der Waals surface area contributed by atoms with E-state index < -0.39 is 0 Å². The van der Waals surface area contributed by atoms with Crippen LogP contribution in [-0.4, -0.2) is 19.5 Å². The smallest absolute Gasteiger partial charge is 0.238 e. The molecule has 6 rings (SSSR count). The Balaban J connectivity index is 1.71. The standard InChI is InChI=1S/C27H16BrIN4/c28-21-15-20-19-13-7-8-14-23(19)33(24(20)16-22(21)29)27-31-25(17-9-3-1-4-10-17)30-26(32-27)18-11-5-2-6-12-18/h1-16H. The maximum atomic E-state index is 4.95. The molecule has 0 unspecified atom stereocenters. The van der Waals surface area contributed by atoms with Crippen molar-refractivity contribution in [3.63, 3.8) is 0 Å². The van der Waals surface area contributed by atoms with E-state index >= 15 is 0 Å². The predicted molar refractivity (Wildman–Crippen MR) is 145 cm³/mol. The first-order chi connectivity index (χ1) is 16.2. The zero-order chi connectivity index (χ0) is 22.4. The summed E-state index contributed by atoms with van der Waals surface area (Å²) in [5.41, 5.74) is 4.03. The molecular weight excluding hydrogens is 587 g/mol. The molecule has 158 valence electrons. The van der Waals surface area contributed by atoms with E-state index in [2.05, 4.69) is 79.5 Å². The van der Waals surface area contributed by atoms with E-state index in [1.54, 1.807) is 0 Å². The third kappa shape index (κ3) is 3.63. The number of benzene rings is 4. The highest BCUT2D eigenvalue weighted by molar-refractivity contribution is 14.1. The molecular formula is C27H16BrIN4. The van der Waals surface area contributed by atoms with Gasteiger partial charge in [-0.3, -0.25) is 4.57 Å². The lowest BCUT2D eigenvalue weighted by Gasteiger charge is -2.11. The summed E-state index contributed by atoms with van der Waals surface area (Å²) in [6.07, 6.45) is 0. The minimum Gasteiger partial charge on any atom is -0.278 e. The predicted octanol–water partition coefficient (Wildman–Crippen LogP) is 7.67. The molecule has 0 saturated carbocycles. The number of fused-ring (bicyclic) bond motifs is 3. The Morgan fingerprint density at radius 1 is 0.606 bits per heavy atom. The molecule has 0 atom stereocenters. The van der Waals surface area contributed by atoms with Gasteiger partial charge in [-0.1, -0.05) is 78.9 Å². The number of para-hydroxylation sites is 1. The van der Waals surface area contributed by atoms with Crippen LogP contribution in [0.25, 0.3) is 50.5 Å². The Labute approximate surface area is 212 Å². The largest absolute Gasteiger partial charge is 0.278 e. The molecule has 4 nitrogen and oxygen atoms in total. The average molecular weight is 603 g/mol. The van der Waals surface area contributed by atoms with Crippen molar-refractivity contribution in [3.05, 3.63) is 105 Å². The van der Waals surface area contributed by atoms with Crippen LogP contribution in [0, 0.1) is 3.57 Å². The molecule has 0 aliphatic rings. The van der Waals surface area contributed by atoms with Gasteiger partial charge in [0.05, 0.1) is 11.0 Å². The second-order valence-corrected chi connectivity index (χ2v) is 9.67. The highest BCUT2D eigenvalue weighted by atomic mass is 127. The fraction of sp³-hybridized carbons (Fsp3) is 0. The fourth-order valence-corrected chi connectivity index (χ4v) is 4.87. The molecule has 0 fully saturated rings. The summed E-state index contributed by atoms with van der Waals surface area (Å²) in [7, 11) is 0. The molecule has 0 spiro atoms.